The summed E-state index contributed by atoms with van der Waals surface area (Å²) < 4.78 is 6.29. The van der Waals surface area contributed by atoms with Gasteiger partial charge in [-0.25, -0.2) is 9.97 Å². The topological polar surface area (TPSA) is 86.8 Å². The van der Waals surface area contributed by atoms with Crippen LogP contribution in [0.4, 0.5) is 0 Å². The number of aromatic nitrogens is 4. The molecule has 0 fully saturated rings. The molecule has 6 nitrogen and oxygen atoms in total. The van der Waals surface area contributed by atoms with Crippen molar-refractivity contribution in [3.05, 3.63) is 162 Å². The van der Waals surface area contributed by atoms with Crippen LogP contribution >= 0.6 is 0 Å². The van der Waals surface area contributed by atoms with Gasteiger partial charge in [0.2, 0.25) is 12.2 Å². The molecule has 0 radical (unpaired) electrons. The molecule has 3 N–H and O–H groups in total. The quantitative estimate of drug-likeness (QED) is 0.180. The number of rotatable bonds is 4. The Morgan fingerprint density at radius 2 is 0.796 bits per heavy atom. The van der Waals surface area contributed by atoms with E-state index in [0.29, 0.717) is 17.3 Å². The van der Waals surface area contributed by atoms with Crippen LogP contribution < -0.4 is 4.74 Å². The number of aromatic amines is 2. The molecule has 3 aliphatic rings. The fraction of sp³-hybridized carbons (Fsp3) is 0.0233. The van der Waals surface area contributed by atoms with Gasteiger partial charge in [-0.2, -0.15) is 0 Å². The Kier molecular flexibility index (Phi) is 6.99. The normalized spacial score (nSPS) is 14.0. The van der Waals surface area contributed by atoms with Crippen LogP contribution in [0.5, 0.6) is 5.88 Å². The molecule has 0 amide bonds. The smallest absolute Gasteiger partial charge is 0.241 e. The Bertz CT molecular complexity index is 2460. The van der Waals surface area contributed by atoms with Crippen LogP contribution in [0.3, 0.4) is 0 Å². The third-order valence-corrected chi connectivity index (χ3v) is 9.00. The molecule has 5 heterocycles. The average molecular weight is 635 g/mol. The summed E-state index contributed by atoms with van der Waals surface area (Å²) in [5, 5.41) is 11.6. The van der Waals surface area contributed by atoms with Crippen molar-refractivity contribution < 1.29 is 9.84 Å². The van der Waals surface area contributed by atoms with Gasteiger partial charge in [-0.05, 0) is 58.7 Å². The van der Waals surface area contributed by atoms with Crippen molar-refractivity contribution in [1.82, 2.24) is 19.9 Å². The van der Waals surface area contributed by atoms with Gasteiger partial charge in [-0.15, -0.1) is 0 Å². The van der Waals surface area contributed by atoms with Crippen LogP contribution in [-0.2, 0) is 0 Å². The Morgan fingerprint density at radius 3 is 1.24 bits per heavy atom. The second kappa shape index (κ2) is 11.9. The van der Waals surface area contributed by atoms with Crippen LogP contribution in [0.2, 0.25) is 0 Å². The van der Waals surface area contributed by atoms with Gasteiger partial charge in [0.05, 0.1) is 34.0 Å². The van der Waals surface area contributed by atoms with Gasteiger partial charge in [-0.3, -0.25) is 0 Å². The third-order valence-electron chi connectivity index (χ3n) is 9.00. The lowest BCUT2D eigenvalue weighted by molar-refractivity contribution is -0.00798. The fourth-order valence-electron chi connectivity index (χ4n) is 6.80. The van der Waals surface area contributed by atoms with Gasteiger partial charge >= 0.3 is 0 Å². The lowest BCUT2D eigenvalue weighted by Gasteiger charge is -2.10. The molecule has 0 spiro atoms. The molecular weight excluding hydrogens is 604 g/mol. The molecule has 1 unspecified atom stereocenters. The summed E-state index contributed by atoms with van der Waals surface area (Å²) in [6.07, 6.45) is 6.85. The molecule has 0 saturated heterocycles. The molecule has 2 aromatic heterocycles. The highest BCUT2D eigenvalue weighted by atomic mass is 16.6. The molecule has 9 rings (SSSR count). The SMILES string of the molecule is OC1Oc2[nH]c1c(-c1ccccc1)c1nc(c(-c3ccccc3)c3ccc([nH]3)c(-c3ccccc3)c3nc(c2-c2ccccc2)C=C3)C=C1. The molecule has 6 aromatic rings. The van der Waals surface area contributed by atoms with Gasteiger partial charge in [0.25, 0.3) is 0 Å². The van der Waals surface area contributed by atoms with Crippen LogP contribution in [0, 0.1) is 0 Å². The van der Waals surface area contributed by atoms with E-state index in [1.165, 1.54) is 0 Å². The summed E-state index contributed by atoms with van der Waals surface area (Å²) in [4.78, 5) is 17.7. The number of fused-ring (bicyclic) bond motifs is 8. The lowest BCUT2D eigenvalue weighted by Crippen LogP contribution is -2.03. The summed E-state index contributed by atoms with van der Waals surface area (Å²) in [5.74, 6) is 0.422. The molecule has 0 saturated carbocycles. The summed E-state index contributed by atoms with van der Waals surface area (Å²) >= 11 is 0. The molecule has 0 aliphatic carbocycles. The minimum absolute atomic E-state index is 0.422. The van der Waals surface area contributed by atoms with Gasteiger partial charge in [0, 0.05) is 27.7 Å². The Hall–Kier alpha value is -6.50. The standard InChI is InChI=1S/C43H30N4O2/c48-43-41-39(29-17-9-3-10-18-29)35-25-23-33(45-35)37(27-13-5-1-6-14-27)31-21-22-32(44-31)38(28-15-7-2-8-16-28)34-24-26-36(46-34)40(42(47-41)49-43)30-19-11-4-12-20-30/h1-26,43-44,47-48H. The molecule has 49 heavy (non-hydrogen) atoms. The van der Waals surface area contributed by atoms with E-state index < -0.39 is 6.29 Å². The largest absolute Gasteiger partial charge is 0.443 e. The van der Waals surface area contributed by atoms with Crippen molar-refractivity contribution in [2.24, 2.45) is 0 Å². The minimum atomic E-state index is -1.26. The second-order valence-electron chi connectivity index (χ2n) is 12.0. The number of nitrogens with one attached hydrogen (secondary N) is 2. The molecule has 4 aromatic carbocycles. The van der Waals surface area contributed by atoms with Crippen molar-refractivity contribution in [3.8, 4) is 50.4 Å². The molecule has 1 atom stereocenters. The number of aliphatic hydroxyl groups excluding tert-OH is 1. The van der Waals surface area contributed by atoms with Crippen LogP contribution in [0.25, 0.3) is 79.8 Å². The van der Waals surface area contributed by atoms with Crippen LogP contribution in [0.15, 0.2) is 133 Å². The number of H-pyrrole nitrogens is 2. The number of benzene rings is 4. The molecule has 3 aliphatic heterocycles. The van der Waals surface area contributed by atoms with Crippen molar-refractivity contribution >= 4 is 35.3 Å². The minimum Gasteiger partial charge on any atom is -0.443 e. The monoisotopic (exact) mass is 634 g/mol. The fourth-order valence-corrected chi connectivity index (χ4v) is 6.80. The van der Waals surface area contributed by atoms with Gasteiger partial charge in [-0.1, -0.05) is 121 Å². The van der Waals surface area contributed by atoms with Crippen LogP contribution in [-0.4, -0.2) is 25.0 Å². The van der Waals surface area contributed by atoms with E-state index in [9.17, 15) is 5.11 Å². The van der Waals surface area contributed by atoms with Gasteiger partial charge < -0.3 is 19.8 Å². The molecule has 234 valence electrons. The summed E-state index contributed by atoms with van der Waals surface area (Å²) in [7, 11) is 0. The van der Waals surface area contributed by atoms with E-state index in [1.54, 1.807) is 0 Å². The Labute approximate surface area is 283 Å². The highest BCUT2D eigenvalue weighted by molar-refractivity contribution is 5.96. The predicted octanol–water partition coefficient (Wildman–Crippen LogP) is 10.1. The Balaban J connectivity index is 1.49. The first-order valence-electron chi connectivity index (χ1n) is 16.3. The van der Waals surface area contributed by atoms with Crippen LogP contribution in [0.1, 0.15) is 34.8 Å². The third kappa shape index (κ3) is 5.12. The van der Waals surface area contributed by atoms with Crippen molar-refractivity contribution in [3.63, 3.8) is 0 Å². The van der Waals surface area contributed by atoms with E-state index >= 15 is 0 Å². The molecule has 6 heteroatoms. The maximum absolute atomic E-state index is 11.6. The maximum Gasteiger partial charge on any atom is 0.241 e. The van der Waals surface area contributed by atoms with E-state index in [1.807, 2.05) is 121 Å². The molecular formula is C43H30N4O2. The van der Waals surface area contributed by atoms with Gasteiger partial charge in [0.15, 0.2) is 0 Å². The highest BCUT2D eigenvalue weighted by Crippen LogP contribution is 2.42. The van der Waals surface area contributed by atoms with Gasteiger partial charge in [0.1, 0.15) is 0 Å². The zero-order chi connectivity index (χ0) is 32.7. The highest BCUT2D eigenvalue weighted by Gasteiger charge is 2.28. The lowest BCUT2D eigenvalue weighted by atomic mass is 10.0. The van der Waals surface area contributed by atoms with Crippen molar-refractivity contribution in [2.45, 2.75) is 6.29 Å². The number of hydrogen-bond donors (Lipinski definition) is 3. The zero-order valence-electron chi connectivity index (χ0n) is 26.3. The second-order valence-corrected chi connectivity index (χ2v) is 12.0. The first-order chi connectivity index (χ1) is 24.2. The number of hydrogen-bond acceptors (Lipinski definition) is 4. The summed E-state index contributed by atoms with van der Waals surface area (Å²) in [5.41, 5.74) is 12.7. The summed E-state index contributed by atoms with van der Waals surface area (Å²) in [6.45, 7) is 0. The number of aliphatic hydroxyl groups is 1. The van der Waals surface area contributed by atoms with Crippen molar-refractivity contribution in [2.75, 3.05) is 0 Å². The number of ether oxygens (including phenoxy) is 1. The zero-order valence-corrected chi connectivity index (χ0v) is 26.3. The van der Waals surface area contributed by atoms with E-state index in [-0.39, 0.29) is 0 Å². The van der Waals surface area contributed by atoms with Crippen molar-refractivity contribution in [1.29, 1.82) is 0 Å². The first kappa shape index (κ1) is 28.7. The van der Waals surface area contributed by atoms with E-state index in [4.69, 9.17) is 14.7 Å². The average Bonchev–Trinajstić information content (AvgIpc) is 3.98. The molecule has 8 bridgehead atoms. The predicted molar refractivity (Wildman–Crippen MR) is 197 cm³/mol. The number of nitrogens with zero attached hydrogens (tertiary/aromatic N) is 2. The summed E-state index contributed by atoms with van der Waals surface area (Å²) in [6, 6.07) is 44.8. The van der Waals surface area contributed by atoms with E-state index in [2.05, 4.69) is 46.4 Å². The Morgan fingerprint density at radius 1 is 0.429 bits per heavy atom. The maximum atomic E-state index is 11.6. The van der Waals surface area contributed by atoms with E-state index in [0.717, 1.165) is 72.6 Å². The first-order valence-corrected chi connectivity index (χ1v) is 16.3.